The van der Waals surface area contributed by atoms with Crippen molar-refractivity contribution in [3.05, 3.63) is 64.6 Å². The van der Waals surface area contributed by atoms with Crippen LogP contribution < -0.4 is 5.32 Å². The first kappa shape index (κ1) is 19.8. The fourth-order valence-corrected chi connectivity index (χ4v) is 4.33. The van der Waals surface area contributed by atoms with Crippen molar-refractivity contribution in [2.24, 2.45) is 10.2 Å². The second-order valence-electron chi connectivity index (χ2n) is 8.25. The van der Waals surface area contributed by atoms with Crippen LogP contribution in [0.2, 0.25) is 0 Å². The average molecular weight is 419 g/mol. The summed E-state index contributed by atoms with van der Waals surface area (Å²) in [5.41, 5.74) is 5.99. The highest BCUT2D eigenvalue weighted by Gasteiger charge is 2.24. The predicted molar refractivity (Wildman–Crippen MR) is 116 cm³/mol. The number of nitrogens with one attached hydrogen (secondary N) is 1. The normalized spacial score (nSPS) is 17.4. The van der Waals surface area contributed by atoms with E-state index in [1.54, 1.807) is 6.20 Å². The Balaban J connectivity index is 1.11. The SMILES string of the molecule is O=C(COCCC1=CN=NC1)N1CCc2nc(NC3Cc4ccccc4C3)ncc2C1. The number of nitrogens with zero attached hydrogens (tertiary/aromatic N) is 5. The maximum absolute atomic E-state index is 12.5. The molecular weight excluding hydrogens is 392 g/mol. The quantitative estimate of drug-likeness (QED) is 0.698. The van der Waals surface area contributed by atoms with Crippen LogP contribution in [-0.2, 0) is 35.3 Å². The predicted octanol–water partition coefficient (Wildman–Crippen LogP) is 2.70. The molecular formula is C23H26N6O2. The van der Waals surface area contributed by atoms with E-state index in [-0.39, 0.29) is 12.5 Å². The number of anilines is 1. The van der Waals surface area contributed by atoms with Crippen LogP contribution in [0.3, 0.4) is 0 Å². The van der Waals surface area contributed by atoms with Gasteiger partial charge in [-0.1, -0.05) is 24.3 Å². The van der Waals surface area contributed by atoms with Crippen molar-refractivity contribution in [1.82, 2.24) is 14.9 Å². The summed E-state index contributed by atoms with van der Waals surface area (Å²) in [5, 5.41) is 11.2. The van der Waals surface area contributed by atoms with Crippen molar-refractivity contribution >= 4 is 11.9 Å². The van der Waals surface area contributed by atoms with Crippen LogP contribution in [-0.4, -0.2) is 53.1 Å². The van der Waals surface area contributed by atoms with Gasteiger partial charge in [-0.05, 0) is 36.0 Å². The molecule has 0 saturated heterocycles. The maximum Gasteiger partial charge on any atom is 0.248 e. The Morgan fingerprint density at radius 1 is 1.19 bits per heavy atom. The first-order valence-corrected chi connectivity index (χ1v) is 10.8. The molecule has 1 aromatic heterocycles. The Labute approximate surface area is 181 Å². The third-order valence-corrected chi connectivity index (χ3v) is 6.06. The molecule has 2 aromatic rings. The second kappa shape index (κ2) is 8.93. The molecule has 0 radical (unpaired) electrons. The first-order valence-electron chi connectivity index (χ1n) is 10.8. The van der Waals surface area contributed by atoms with Gasteiger partial charge in [0.1, 0.15) is 6.61 Å². The van der Waals surface area contributed by atoms with Gasteiger partial charge in [0.15, 0.2) is 0 Å². The van der Waals surface area contributed by atoms with E-state index in [4.69, 9.17) is 9.72 Å². The highest BCUT2D eigenvalue weighted by atomic mass is 16.5. The highest BCUT2D eigenvalue weighted by Crippen LogP contribution is 2.24. The number of carbonyl (C=O) groups is 1. The highest BCUT2D eigenvalue weighted by molar-refractivity contribution is 5.77. The van der Waals surface area contributed by atoms with Gasteiger partial charge in [-0.15, -0.1) is 0 Å². The topological polar surface area (TPSA) is 92.1 Å². The van der Waals surface area contributed by atoms with E-state index >= 15 is 0 Å². The Bertz CT molecular complexity index is 1010. The Hall–Kier alpha value is -3.13. The second-order valence-corrected chi connectivity index (χ2v) is 8.25. The zero-order valence-corrected chi connectivity index (χ0v) is 17.5. The fraction of sp³-hybridized carbons (Fsp3) is 0.435. The van der Waals surface area contributed by atoms with E-state index in [0.717, 1.165) is 42.5 Å². The number of hydrogen-bond acceptors (Lipinski definition) is 7. The number of hydrogen-bond donors (Lipinski definition) is 1. The molecule has 8 heteroatoms. The molecule has 8 nitrogen and oxygen atoms in total. The lowest BCUT2D eigenvalue weighted by molar-refractivity contribution is -0.137. The lowest BCUT2D eigenvalue weighted by atomic mass is 10.1. The average Bonchev–Trinajstić information content (AvgIpc) is 3.45. The van der Waals surface area contributed by atoms with Gasteiger partial charge in [0.25, 0.3) is 0 Å². The molecule has 0 unspecified atom stereocenters. The lowest BCUT2D eigenvalue weighted by Crippen LogP contribution is -2.38. The van der Waals surface area contributed by atoms with Crippen molar-refractivity contribution in [3.8, 4) is 0 Å². The molecule has 0 spiro atoms. The molecule has 1 aliphatic carbocycles. The van der Waals surface area contributed by atoms with E-state index < -0.39 is 0 Å². The summed E-state index contributed by atoms with van der Waals surface area (Å²) < 4.78 is 5.56. The number of benzene rings is 1. The third kappa shape index (κ3) is 4.64. The number of aromatic nitrogens is 2. The minimum Gasteiger partial charge on any atom is -0.371 e. The summed E-state index contributed by atoms with van der Waals surface area (Å²) in [5.74, 6) is 0.686. The van der Waals surface area contributed by atoms with Gasteiger partial charge < -0.3 is 15.0 Å². The monoisotopic (exact) mass is 418 g/mol. The van der Waals surface area contributed by atoms with Crippen LogP contribution in [0.1, 0.15) is 28.8 Å². The summed E-state index contributed by atoms with van der Waals surface area (Å²) in [6, 6.07) is 8.90. The van der Waals surface area contributed by atoms with Gasteiger partial charge >= 0.3 is 0 Å². The molecule has 2 aliphatic heterocycles. The summed E-state index contributed by atoms with van der Waals surface area (Å²) in [4.78, 5) is 23.6. The molecule has 0 atom stereocenters. The van der Waals surface area contributed by atoms with E-state index in [1.807, 2.05) is 11.1 Å². The Kier molecular flexibility index (Phi) is 5.71. The maximum atomic E-state index is 12.5. The van der Waals surface area contributed by atoms with Crippen molar-refractivity contribution in [3.63, 3.8) is 0 Å². The Morgan fingerprint density at radius 3 is 2.81 bits per heavy atom. The summed E-state index contributed by atoms with van der Waals surface area (Å²) >= 11 is 0. The molecule has 5 rings (SSSR count). The summed E-state index contributed by atoms with van der Waals surface area (Å²) in [7, 11) is 0. The van der Waals surface area contributed by atoms with Gasteiger partial charge in [-0.25, -0.2) is 9.97 Å². The smallest absolute Gasteiger partial charge is 0.248 e. The molecule has 3 heterocycles. The largest absolute Gasteiger partial charge is 0.371 e. The molecule has 1 amide bonds. The molecule has 31 heavy (non-hydrogen) atoms. The van der Waals surface area contributed by atoms with Crippen LogP contribution in [0.4, 0.5) is 5.95 Å². The standard InChI is InChI=1S/C23H26N6O2/c30-22(15-31-8-6-16-11-25-26-12-16)29-7-5-21-19(14-29)13-24-23(28-21)27-20-9-17-3-1-2-4-18(17)10-20/h1-4,11,13,20H,5-10,12,14-15H2,(H,24,27,28). The van der Waals surface area contributed by atoms with Crippen LogP contribution in [0.25, 0.3) is 0 Å². The molecule has 1 aromatic carbocycles. The third-order valence-electron chi connectivity index (χ3n) is 6.06. The van der Waals surface area contributed by atoms with Crippen molar-refractivity contribution in [2.45, 2.75) is 38.3 Å². The van der Waals surface area contributed by atoms with Gasteiger partial charge in [0, 0.05) is 37.3 Å². The van der Waals surface area contributed by atoms with Gasteiger partial charge in [-0.3, -0.25) is 4.79 Å². The van der Waals surface area contributed by atoms with Gasteiger partial charge in [0.2, 0.25) is 11.9 Å². The zero-order chi connectivity index (χ0) is 21.0. The van der Waals surface area contributed by atoms with Crippen LogP contribution >= 0.6 is 0 Å². The number of carbonyl (C=O) groups excluding carboxylic acids is 1. The number of azo groups is 1. The van der Waals surface area contributed by atoms with E-state index in [9.17, 15) is 4.79 Å². The molecule has 0 fully saturated rings. The summed E-state index contributed by atoms with van der Waals surface area (Å²) in [6.07, 6.45) is 7.12. The molecule has 0 bridgehead atoms. The first-order chi connectivity index (χ1) is 15.2. The fourth-order valence-electron chi connectivity index (χ4n) is 4.33. The number of amides is 1. The van der Waals surface area contributed by atoms with Crippen LogP contribution in [0.5, 0.6) is 0 Å². The minimum absolute atomic E-state index is 0.00588. The number of fused-ring (bicyclic) bond motifs is 2. The van der Waals surface area contributed by atoms with E-state index in [0.29, 0.717) is 38.2 Å². The zero-order valence-electron chi connectivity index (χ0n) is 17.5. The molecule has 160 valence electrons. The van der Waals surface area contributed by atoms with E-state index in [2.05, 4.69) is 44.8 Å². The number of rotatable bonds is 7. The molecule has 3 aliphatic rings. The van der Waals surface area contributed by atoms with Gasteiger partial charge in [0.05, 0.1) is 25.0 Å². The number of ether oxygens (including phenoxy) is 1. The Morgan fingerprint density at radius 2 is 2.03 bits per heavy atom. The van der Waals surface area contributed by atoms with Crippen molar-refractivity contribution in [1.29, 1.82) is 0 Å². The van der Waals surface area contributed by atoms with Crippen LogP contribution in [0, 0.1) is 0 Å². The van der Waals surface area contributed by atoms with E-state index in [1.165, 1.54) is 11.1 Å². The minimum atomic E-state index is 0.00588. The van der Waals surface area contributed by atoms with Crippen molar-refractivity contribution < 1.29 is 9.53 Å². The lowest BCUT2D eigenvalue weighted by Gasteiger charge is -2.28. The molecule has 0 saturated carbocycles. The molecule has 1 N–H and O–H groups in total. The van der Waals surface area contributed by atoms with Gasteiger partial charge in [-0.2, -0.15) is 10.2 Å². The van der Waals surface area contributed by atoms with Crippen molar-refractivity contribution in [2.75, 3.05) is 31.6 Å². The summed E-state index contributed by atoms with van der Waals surface area (Å²) in [6.45, 7) is 2.44. The van der Waals surface area contributed by atoms with Crippen LogP contribution in [0.15, 0.2) is 52.5 Å².